The van der Waals surface area contributed by atoms with E-state index in [1.807, 2.05) is 0 Å². The van der Waals surface area contributed by atoms with E-state index in [0.29, 0.717) is 0 Å². The molecule has 3 rings (SSSR count). The molecule has 0 fully saturated rings. The Morgan fingerprint density at radius 3 is 2.32 bits per heavy atom. The zero-order valence-corrected chi connectivity index (χ0v) is 11.5. The summed E-state index contributed by atoms with van der Waals surface area (Å²) >= 11 is 0. The average molecular weight is 246 g/mol. The molecule has 0 saturated carbocycles. The van der Waals surface area contributed by atoms with Gasteiger partial charge in [-0.2, -0.15) is 0 Å². The minimum atomic E-state index is 1.00. The maximum absolute atomic E-state index is 2.31. The molecule has 0 heteroatoms. The molecule has 0 aliphatic carbocycles. The van der Waals surface area contributed by atoms with Crippen LogP contribution in [0.2, 0.25) is 0 Å². The lowest BCUT2D eigenvalue weighted by molar-refractivity contribution is 1.21. The molecule has 0 nitrogen and oxygen atoms in total. The van der Waals surface area contributed by atoms with Crippen LogP contribution in [0.1, 0.15) is 22.3 Å². The Bertz CT molecular complexity index is 709. The summed E-state index contributed by atoms with van der Waals surface area (Å²) in [5.74, 6) is 0. The SMILES string of the molecule is Cc1ccc2c(C)ccc(Cc3ccccc3)c2c1. The second kappa shape index (κ2) is 4.89. The first kappa shape index (κ1) is 12.0. The third-order valence-electron chi connectivity index (χ3n) is 3.72. The molecule has 0 spiro atoms. The molecule has 0 aromatic heterocycles. The number of hydrogen-bond donors (Lipinski definition) is 0. The maximum Gasteiger partial charge on any atom is -0.00196 e. The van der Waals surface area contributed by atoms with Gasteiger partial charge in [0.05, 0.1) is 0 Å². The minimum absolute atomic E-state index is 1.00. The van der Waals surface area contributed by atoms with E-state index in [4.69, 9.17) is 0 Å². The second-order valence-corrected chi connectivity index (χ2v) is 5.25. The van der Waals surface area contributed by atoms with E-state index in [-0.39, 0.29) is 0 Å². The second-order valence-electron chi connectivity index (χ2n) is 5.25. The molecule has 19 heavy (non-hydrogen) atoms. The predicted octanol–water partition coefficient (Wildman–Crippen LogP) is 5.05. The van der Waals surface area contributed by atoms with Gasteiger partial charge in [0, 0.05) is 0 Å². The quantitative estimate of drug-likeness (QED) is 0.593. The molecule has 0 unspecified atom stereocenters. The van der Waals surface area contributed by atoms with Gasteiger partial charge in [0.25, 0.3) is 0 Å². The van der Waals surface area contributed by atoms with E-state index in [1.165, 1.54) is 33.0 Å². The van der Waals surface area contributed by atoms with E-state index >= 15 is 0 Å². The van der Waals surface area contributed by atoms with Crippen molar-refractivity contribution in [2.75, 3.05) is 0 Å². The summed E-state index contributed by atoms with van der Waals surface area (Å²) in [5, 5.41) is 2.77. The number of aryl methyl sites for hydroxylation is 2. The Labute approximate surface area is 114 Å². The van der Waals surface area contributed by atoms with Crippen LogP contribution in [-0.2, 0) is 6.42 Å². The zero-order valence-electron chi connectivity index (χ0n) is 11.5. The Hall–Kier alpha value is -2.08. The highest BCUT2D eigenvalue weighted by molar-refractivity contribution is 5.89. The highest BCUT2D eigenvalue weighted by atomic mass is 14.1. The molecule has 3 aromatic carbocycles. The van der Waals surface area contributed by atoms with E-state index < -0.39 is 0 Å². The van der Waals surface area contributed by atoms with Gasteiger partial charge in [-0.1, -0.05) is 66.2 Å². The first-order valence-corrected chi connectivity index (χ1v) is 6.77. The van der Waals surface area contributed by atoms with E-state index in [9.17, 15) is 0 Å². The van der Waals surface area contributed by atoms with Gasteiger partial charge in [0.2, 0.25) is 0 Å². The fourth-order valence-electron chi connectivity index (χ4n) is 2.64. The van der Waals surface area contributed by atoms with Crippen LogP contribution in [0.4, 0.5) is 0 Å². The van der Waals surface area contributed by atoms with Crippen LogP contribution >= 0.6 is 0 Å². The molecular weight excluding hydrogens is 228 g/mol. The molecule has 0 atom stereocenters. The number of benzene rings is 3. The van der Waals surface area contributed by atoms with Gasteiger partial charge in [0.15, 0.2) is 0 Å². The topological polar surface area (TPSA) is 0 Å². The molecule has 0 heterocycles. The minimum Gasteiger partial charge on any atom is -0.0622 e. The molecule has 0 saturated heterocycles. The summed E-state index contributed by atoms with van der Waals surface area (Å²) in [4.78, 5) is 0. The van der Waals surface area contributed by atoms with Gasteiger partial charge in [-0.3, -0.25) is 0 Å². The summed E-state index contributed by atoms with van der Waals surface area (Å²) < 4.78 is 0. The Morgan fingerprint density at radius 1 is 0.737 bits per heavy atom. The van der Waals surface area contributed by atoms with E-state index in [2.05, 4.69) is 74.5 Å². The molecule has 0 amide bonds. The summed E-state index contributed by atoms with van der Waals surface area (Å²) in [6.07, 6.45) is 1.00. The van der Waals surface area contributed by atoms with E-state index in [0.717, 1.165) is 6.42 Å². The lowest BCUT2D eigenvalue weighted by atomic mass is 9.95. The van der Waals surface area contributed by atoms with Crippen LogP contribution in [0.25, 0.3) is 10.8 Å². The summed E-state index contributed by atoms with van der Waals surface area (Å²) in [6, 6.07) is 21.9. The maximum atomic E-state index is 2.31. The Morgan fingerprint density at radius 2 is 1.53 bits per heavy atom. The fraction of sp³-hybridized carbons (Fsp3) is 0.158. The predicted molar refractivity (Wildman–Crippen MR) is 82.7 cm³/mol. The first-order chi connectivity index (χ1) is 9.24. The lowest BCUT2D eigenvalue weighted by Gasteiger charge is -2.10. The van der Waals surface area contributed by atoms with Crippen molar-refractivity contribution in [1.29, 1.82) is 0 Å². The summed E-state index contributed by atoms with van der Waals surface area (Å²) in [6.45, 7) is 4.35. The average Bonchev–Trinajstić information content (AvgIpc) is 2.43. The molecule has 0 radical (unpaired) electrons. The van der Waals surface area contributed by atoms with Crippen molar-refractivity contribution in [3.63, 3.8) is 0 Å². The highest BCUT2D eigenvalue weighted by Gasteiger charge is 2.04. The first-order valence-electron chi connectivity index (χ1n) is 6.77. The van der Waals surface area contributed by atoms with Crippen LogP contribution in [-0.4, -0.2) is 0 Å². The van der Waals surface area contributed by atoms with Crippen molar-refractivity contribution in [2.24, 2.45) is 0 Å². The van der Waals surface area contributed by atoms with Crippen LogP contribution in [0.15, 0.2) is 60.7 Å². The standard InChI is InChI=1S/C19H18/c1-14-8-11-18-15(2)9-10-17(19(18)12-14)13-16-6-4-3-5-7-16/h3-12H,13H2,1-2H3. The van der Waals surface area contributed by atoms with Gasteiger partial charge in [0.1, 0.15) is 0 Å². The number of fused-ring (bicyclic) bond motifs is 1. The van der Waals surface area contributed by atoms with Crippen LogP contribution in [0, 0.1) is 13.8 Å². The lowest BCUT2D eigenvalue weighted by Crippen LogP contribution is -1.91. The fourth-order valence-corrected chi connectivity index (χ4v) is 2.64. The smallest absolute Gasteiger partial charge is 0.00196 e. The molecule has 0 N–H and O–H groups in total. The van der Waals surface area contributed by atoms with Gasteiger partial charge < -0.3 is 0 Å². The summed E-state index contributed by atoms with van der Waals surface area (Å²) in [5.41, 5.74) is 5.46. The largest absolute Gasteiger partial charge is 0.0622 e. The van der Waals surface area contributed by atoms with Crippen molar-refractivity contribution in [3.05, 3.63) is 82.9 Å². The van der Waals surface area contributed by atoms with Crippen molar-refractivity contribution in [3.8, 4) is 0 Å². The molecule has 94 valence electrons. The molecule has 0 bridgehead atoms. The number of rotatable bonds is 2. The Kier molecular flexibility index (Phi) is 3.08. The number of hydrogen-bond acceptors (Lipinski definition) is 0. The molecular formula is C19H18. The molecule has 0 aliphatic heterocycles. The van der Waals surface area contributed by atoms with Gasteiger partial charge in [-0.25, -0.2) is 0 Å². The Balaban J connectivity index is 2.13. The van der Waals surface area contributed by atoms with Gasteiger partial charge in [-0.05, 0) is 47.7 Å². The molecule has 0 aliphatic rings. The van der Waals surface area contributed by atoms with Gasteiger partial charge in [-0.15, -0.1) is 0 Å². The van der Waals surface area contributed by atoms with Crippen LogP contribution < -0.4 is 0 Å². The van der Waals surface area contributed by atoms with E-state index in [1.54, 1.807) is 0 Å². The monoisotopic (exact) mass is 246 g/mol. The van der Waals surface area contributed by atoms with Crippen molar-refractivity contribution < 1.29 is 0 Å². The van der Waals surface area contributed by atoms with Crippen molar-refractivity contribution in [1.82, 2.24) is 0 Å². The van der Waals surface area contributed by atoms with Crippen LogP contribution in [0.3, 0.4) is 0 Å². The molecule has 3 aromatic rings. The van der Waals surface area contributed by atoms with Gasteiger partial charge >= 0.3 is 0 Å². The highest BCUT2D eigenvalue weighted by Crippen LogP contribution is 2.25. The van der Waals surface area contributed by atoms with Crippen LogP contribution in [0.5, 0.6) is 0 Å². The van der Waals surface area contributed by atoms with Crippen molar-refractivity contribution >= 4 is 10.8 Å². The summed E-state index contributed by atoms with van der Waals surface area (Å²) in [7, 11) is 0. The zero-order chi connectivity index (χ0) is 13.2. The third-order valence-corrected chi connectivity index (χ3v) is 3.72. The third kappa shape index (κ3) is 2.39. The normalized spacial score (nSPS) is 10.8. The van der Waals surface area contributed by atoms with Crippen molar-refractivity contribution in [2.45, 2.75) is 20.3 Å².